The second-order valence-corrected chi connectivity index (χ2v) is 8.57. The molecule has 0 unspecified atom stereocenters. The maximum Gasteiger partial charge on any atom is 0.415 e. The molecule has 162 valence electrons. The first kappa shape index (κ1) is 21.0. The van der Waals surface area contributed by atoms with E-state index < -0.39 is 17.5 Å². The fourth-order valence-corrected chi connectivity index (χ4v) is 3.70. The molecule has 1 amide bonds. The van der Waals surface area contributed by atoms with Crippen molar-refractivity contribution in [2.24, 2.45) is 0 Å². The number of pyridine rings is 1. The Bertz CT molecular complexity index is 1210. The molecule has 0 radical (unpaired) electrons. The highest BCUT2D eigenvalue weighted by molar-refractivity contribution is 6.35. The molecule has 31 heavy (non-hydrogen) atoms. The average molecular weight is 446 g/mol. The molecule has 0 aliphatic carbocycles. The van der Waals surface area contributed by atoms with Gasteiger partial charge in [0.1, 0.15) is 34.3 Å². The number of amides is 1. The molecule has 1 aliphatic rings. The van der Waals surface area contributed by atoms with Gasteiger partial charge in [-0.25, -0.2) is 14.2 Å². The van der Waals surface area contributed by atoms with Crippen LogP contribution in [-0.2, 0) is 4.74 Å². The first-order valence-corrected chi connectivity index (χ1v) is 9.99. The molecule has 0 fully saturated rings. The van der Waals surface area contributed by atoms with Gasteiger partial charge in [0, 0.05) is 22.7 Å². The van der Waals surface area contributed by atoms with Crippen LogP contribution < -0.4 is 15.4 Å². The van der Waals surface area contributed by atoms with E-state index in [0.717, 1.165) is 0 Å². The van der Waals surface area contributed by atoms with Gasteiger partial charge in [0.25, 0.3) is 0 Å². The van der Waals surface area contributed by atoms with Gasteiger partial charge in [0.2, 0.25) is 5.88 Å². The molecule has 0 bridgehead atoms. The molecule has 3 aromatic rings. The number of nitrogens with zero attached hydrogens (tertiary/aromatic N) is 4. The number of halogens is 2. The van der Waals surface area contributed by atoms with Gasteiger partial charge in [0.15, 0.2) is 5.82 Å². The van der Waals surface area contributed by atoms with E-state index in [1.165, 1.54) is 11.1 Å². The van der Waals surface area contributed by atoms with Gasteiger partial charge in [-0.3, -0.25) is 4.90 Å². The molecule has 0 saturated heterocycles. The second-order valence-electron chi connectivity index (χ2n) is 8.19. The van der Waals surface area contributed by atoms with Crippen molar-refractivity contribution < 1.29 is 18.7 Å². The number of rotatable bonds is 1. The molecule has 2 aromatic heterocycles. The lowest BCUT2D eigenvalue weighted by atomic mass is 9.98. The maximum atomic E-state index is 15.2. The molecular formula is C21H21ClFN5O3. The molecule has 0 saturated carbocycles. The number of hydrogen-bond acceptors (Lipinski definition) is 7. The molecule has 8 nitrogen and oxygen atoms in total. The molecule has 1 aliphatic heterocycles. The van der Waals surface area contributed by atoms with E-state index in [4.69, 9.17) is 26.8 Å². The van der Waals surface area contributed by atoms with Crippen molar-refractivity contribution in [3.63, 3.8) is 0 Å². The number of ether oxygens (including phenoxy) is 2. The number of carbonyl (C=O) groups excluding carboxylic acids is 1. The number of carbonyl (C=O) groups is 1. The van der Waals surface area contributed by atoms with Gasteiger partial charge in [0.05, 0.1) is 6.54 Å². The third kappa shape index (κ3) is 3.81. The quantitative estimate of drug-likeness (QED) is 0.587. The Labute approximate surface area is 183 Å². The highest BCUT2D eigenvalue weighted by atomic mass is 35.5. The minimum Gasteiger partial charge on any atom is -0.474 e. The van der Waals surface area contributed by atoms with Crippen LogP contribution in [0.4, 0.5) is 20.7 Å². The van der Waals surface area contributed by atoms with Crippen LogP contribution in [0.2, 0.25) is 5.02 Å². The van der Waals surface area contributed by atoms with E-state index in [1.54, 1.807) is 39.8 Å². The standard InChI is InChI=1S/C21H21ClFN5O3/c1-10-13(12-7-11-8-14(24)26-27-17(11)15(22)16(12)23)9-25-19-18(10)28(5-6-30-19)20(29)31-21(2,3)4/h7-9H,5-6H2,1-4H3,(H2,24,26). The summed E-state index contributed by atoms with van der Waals surface area (Å²) in [6, 6.07) is 3.15. The van der Waals surface area contributed by atoms with E-state index in [-0.39, 0.29) is 41.0 Å². The minimum absolute atomic E-state index is 0.169. The number of hydrogen-bond donors (Lipinski definition) is 1. The summed E-state index contributed by atoms with van der Waals surface area (Å²) >= 11 is 6.23. The molecule has 2 N–H and O–H groups in total. The number of fused-ring (bicyclic) bond motifs is 2. The van der Waals surface area contributed by atoms with Gasteiger partial charge in [-0.1, -0.05) is 11.6 Å². The summed E-state index contributed by atoms with van der Waals surface area (Å²) < 4.78 is 26.4. The van der Waals surface area contributed by atoms with Crippen molar-refractivity contribution >= 4 is 40.1 Å². The molecular weight excluding hydrogens is 425 g/mol. The van der Waals surface area contributed by atoms with Gasteiger partial charge >= 0.3 is 6.09 Å². The lowest BCUT2D eigenvalue weighted by Gasteiger charge is -2.32. The fraction of sp³-hybridized carbons (Fsp3) is 0.333. The zero-order chi connectivity index (χ0) is 22.5. The van der Waals surface area contributed by atoms with Crippen molar-refractivity contribution in [3.8, 4) is 17.0 Å². The van der Waals surface area contributed by atoms with Crippen molar-refractivity contribution in [3.05, 3.63) is 34.7 Å². The number of nitrogens with two attached hydrogens (primary N) is 1. The Morgan fingerprint density at radius 1 is 1.29 bits per heavy atom. The van der Waals surface area contributed by atoms with Crippen molar-refractivity contribution in [2.75, 3.05) is 23.8 Å². The lowest BCUT2D eigenvalue weighted by molar-refractivity contribution is 0.0566. The summed E-state index contributed by atoms with van der Waals surface area (Å²) in [6.45, 7) is 7.67. The van der Waals surface area contributed by atoms with Crippen molar-refractivity contribution in [1.82, 2.24) is 15.2 Å². The fourth-order valence-electron chi connectivity index (χ4n) is 3.45. The molecule has 10 heteroatoms. The average Bonchev–Trinajstić information content (AvgIpc) is 2.69. The highest BCUT2D eigenvalue weighted by Gasteiger charge is 2.32. The largest absolute Gasteiger partial charge is 0.474 e. The Morgan fingerprint density at radius 3 is 2.74 bits per heavy atom. The van der Waals surface area contributed by atoms with Crippen LogP contribution in [0.25, 0.3) is 22.0 Å². The molecule has 1 aromatic carbocycles. The molecule has 4 rings (SSSR count). The Hall–Kier alpha value is -3.20. The van der Waals surface area contributed by atoms with Crippen LogP contribution >= 0.6 is 11.6 Å². The number of nitrogen functional groups attached to an aromatic ring is 1. The summed E-state index contributed by atoms with van der Waals surface area (Å²) in [7, 11) is 0. The molecule has 0 atom stereocenters. The highest BCUT2D eigenvalue weighted by Crippen LogP contribution is 2.41. The summed E-state index contributed by atoms with van der Waals surface area (Å²) in [4.78, 5) is 18.6. The summed E-state index contributed by atoms with van der Waals surface area (Å²) in [5.41, 5.74) is 6.94. The van der Waals surface area contributed by atoms with E-state index in [9.17, 15) is 4.79 Å². The first-order valence-electron chi connectivity index (χ1n) is 9.61. The van der Waals surface area contributed by atoms with Crippen LogP contribution in [0.5, 0.6) is 5.88 Å². The van der Waals surface area contributed by atoms with E-state index >= 15 is 4.39 Å². The molecule has 3 heterocycles. The lowest BCUT2D eigenvalue weighted by Crippen LogP contribution is -2.42. The van der Waals surface area contributed by atoms with Crippen LogP contribution in [0.15, 0.2) is 18.3 Å². The predicted molar refractivity (Wildman–Crippen MR) is 116 cm³/mol. The first-order chi connectivity index (χ1) is 14.6. The Balaban J connectivity index is 1.88. The van der Waals surface area contributed by atoms with Gasteiger partial charge in [-0.05, 0) is 45.4 Å². The predicted octanol–water partition coefficient (Wildman–Crippen LogP) is 4.51. The number of anilines is 2. The van der Waals surface area contributed by atoms with Crippen molar-refractivity contribution in [1.29, 1.82) is 0 Å². The SMILES string of the molecule is Cc1c(-c2cc3cc(N)nnc3c(Cl)c2F)cnc2c1N(C(=O)OC(C)(C)C)CCO2. The minimum atomic E-state index is -0.673. The van der Waals surface area contributed by atoms with Crippen molar-refractivity contribution in [2.45, 2.75) is 33.3 Å². The summed E-state index contributed by atoms with van der Waals surface area (Å²) in [6.07, 6.45) is 0.963. The maximum absolute atomic E-state index is 15.2. The monoisotopic (exact) mass is 445 g/mol. The van der Waals surface area contributed by atoms with Crippen LogP contribution in [0.1, 0.15) is 26.3 Å². The Kier molecular flexibility index (Phi) is 5.09. The van der Waals surface area contributed by atoms with Gasteiger partial charge in [-0.15, -0.1) is 10.2 Å². The van der Waals surface area contributed by atoms with Crippen LogP contribution in [-0.4, -0.2) is 40.0 Å². The third-order valence-corrected chi connectivity index (χ3v) is 5.12. The smallest absolute Gasteiger partial charge is 0.415 e. The topological polar surface area (TPSA) is 103 Å². The zero-order valence-electron chi connectivity index (χ0n) is 17.5. The number of aromatic nitrogens is 3. The summed E-state index contributed by atoms with van der Waals surface area (Å²) in [5, 5.41) is 7.99. The number of benzene rings is 1. The van der Waals surface area contributed by atoms with Crippen LogP contribution in [0.3, 0.4) is 0 Å². The van der Waals surface area contributed by atoms with E-state index in [0.29, 0.717) is 22.2 Å². The van der Waals surface area contributed by atoms with Crippen LogP contribution in [0, 0.1) is 12.7 Å². The summed E-state index contributed by atoms with van der Waals surface area (Å²) in [5.74, 6) is -0.203. The zero-order valence-corrected chi connectivity index (χ0v) is 18.2. The van der Waals surface area contributed by atoms with E-state index in [2.05, 4.69) is 15.2 Å². The van der Waals surface area contributed by atoms with Gasteiger partial charge < -0.3 is 15.2 Å². The van der Waals surface area contributed by atoms with Gasteiger partial charge in [-0.2, -0.15) is 0 Å². The molecule has 0 spiro atoms. The third-order valence-electron chi connectivity index (χ3n) is 4.78. The Morgan fingerprint density at radius 2 is 2.03 bits per heavy atom. The van der Waals surface area contributed by atoms with E-state index in [1.807, 2.05) is 0 Å². The normalized spacial score (nSPS) is 13.7. The second kappa shape index (κ2) is 7.49.